The molecule has 0 unspecified atom stereocenters. The van der Waals surface area contributed by atoms with Gasteiger partial charge in [-0.1, -0.05) is 30.7 Å². The van der Waals surface area contributed by atoms with E-state index in [0.717, 1.165) is 12.0 Å². The Labute approximate surface area is 129 Å². The van der Waals surface area contributed by atoms with Gasteiger partial charge in [-0.2, -0.15) is 0 Å². The molecule has 0 fully saturated rings. The topological polar surface area (TPSA) is 46.5 Å². The predicted molar refractivity (Wildman–Crippen MR) is 85.8 cm³/mol. The van der Waals surface area contributed by atoms with Gasteiger partial charge in [0.05, 0.1) is 18.1 Å². The number of hydrogen-bond donors (Lipinski definition) is 1. The number of carbonyl (C=O) groups excluding carboxylic acids is 1. The van der Waals surface area contributed by atoms with Crippen LogP contribution in [0.15, 0.2) is 23.8 Å². The van der Waals surface area contributed by atoms with E-state index in [9.17, 15) is 9.90 Å². The molecule has 0 aliphatic heterocycles. The molecule has 4 atom stereocenters. The van der Waals surface area contributed by atoms with Gasteiger partial charge in [0, 0.05) is 5.92 Å². The molecule has 0 aromatic carbocycles. The Hall–Kier alpha value is -1.09. The normalized spacial score (nSPS) is 27.8. The second-order valence-corrected chi connectivity index (χ2v) is 7.56. The number of carbonyl (C=O) groups is 1. The lowest BCUT2D eigenvalue weighted by molar-refractivity contribution is -0.155. The fraction of sp³-hybridized carbons (Fsp3) is 0.722. The quantitative estimate of drug-likeness (QED) is 0.635. The van der Waals surface area contributed by atoms with Crippen molar-refractivity contribution in [3.63, 3.8) is 0 Å². The first-order valence-corrected chi connectivity index (χ1v) is 7.72. The second-order valence-electron chi connectivity index (χ2n) is 7.56. The summed E-state index contributed by atoms with van der Waals surface area (Å²) in [5.41, 5.74) is 1.79. The van der Waals surface area contributed by atoms with Crippen molar-refractivity contribution in [2.75, 3.05) is 6.61 Å². The Morgan fingerprint density at radius 1 is 1.52 bits per heavy atom. The maximum atomic E-state index is 11.9. The highest BCUT2D eigenvalue weighted by molar-refractivity contribution is 5.75. The van der Waals surface area contributed by atoms with Crippen molar-refractivity contribution in [2.24, 2.45) is 23.2 Å². The summed E-state index contributed by atoms with van der Waals surface area (Å²) in [7, 11) is 0. The molecule has 1 aliphatic carbocycles. The van der Waals surface area contributed by atoms with E-state index in [2.05, 4.69) is 6.58 Å². The summed E-state index contributed by atoms with van der Waals surface area (Å²) in [4.78, 5) is 11.9. The number of ether oxygens (including phenoxy) is 1. The Kier molecular flexibility index (Phi) is 5.80. The molecule has 3 heteroatoms. The second kappa shape index (κ2) is 6.78. The molecule has 1 rings (SSSR count). The van der Waals surface area contributed by atoms with E-state index in [1.165, 1.54) is 5.57 Å². The molecule has 1 N–H and O–H groups in total. The molecule has 0 bridgehead atoms. The Morgan fingerprint density at radius 2 is 2.10 bits per heavy atom. The average molecular weight is 294 g/mol. The van der Waals surface area contributed by atoms with Crippen molar-refractivity contribution in [1.29, 1.82) is 0 Å². The van der Waals surface area contributed by atoms with Crippen LogP contribution in [0.25, 0.3) is 0 Å². The summed E-state index contributed by atoms with van der Waals surface area (Å²) >= 11 is 0. The molecule has 0 amide bonds. The Bertz CT molecular complexity index is 428. The minimum atomic E-state index is -0.496. The van der Waals surface area contributed by atoms with Gasteiger partial charge in [0.25, 0.3) is 0 Å². The van der Waals surface area contributed by atoms with Crippen LogP contribution in [0.5, 0.6) is 0 Å². The van der Waals surface area contributed by atoms with Gasteiger partial charge in [0.1, 0.15) is 0 Å². The van der Waals surface area contributed by atoms with Crippen LogP contribution < -0.4 is 0 Å². The molecular formula is C18H30O3. The molecular weight excluding hydrogens is 264 g/mol. The highest BCUT2D eigenvalue weighted by Crippen LogP contribution is 2.38. The lowest BCUT2D eigenvalue weighted by atomic mass is 9.70. The van der Waals surface area contributed by atoms with Gasteiger partial charge in [-0.3, -0.25) is 4.79 Å². The fourth-order valence-corrected chi connectivity index (χ4v) is 2.96. The summed E-state index contributed by atoms with van der Waals surface area (Å²) in [6.07, 6.45) is 2.35. The number of esters is 1. The molecule has 0 saturated heterocycles. The minimum absolute atomic E-state index is 0.0546. The largest absolute Gasteiger partial charge is 0.465 e. The van der Waals surface area contributed by atoms with Crippen molar-refractivity contribution in [3.05, 3.63) is 23.8 Å². The number of allylic oxidation sites excluding steroid dienone is 2. The van der Waals surface area contributed by atoms with E-state index in [4.69, 9.17) is 4.74 Å². The molecule has 0 heterocycles. The summed E-state index contributed by atoms with van der Waals surface area (Å²) in [6, 6.07) is 0. The highest BCUT2D eigenvalue weighted by Gasteiger charge is 2.36. The van der Waals surface area contributed by atoms with Crippen LogP contribution in [0.4, 0.5) is 0 Å². The average Bonchev–Trinajstić information content (AvgIpc) is 2.33. The third-order valence-corrected chi connectivity index (χ3v) is 4.24. The molecule has 120 valence electrons. The van der Waals surface area contributed by atoms with Crippen LogP contribution in [0.2, 0.25) is 0 Å². The zero-order valence-corrected chi connectivity index (χ0v) is 14.3. The molecule has 1 aliphatic rings. The highest BCUT2D eigenvalue weighted by atomic mass is 16.5. The van der Waals surface area contributed by atoms with Gasteiger partial charge in [-0.15, -0.1) is 0 Å². The van der Waals surface area contributed by atoms with Crippen molar-refractivity contribution >= 4 is 5.97 Å². The Balaban J connectivity index is 2.77. The van der Waals surface area contributed by atoms with Crippen molar-refractivity contribution in [1.82, 2.24) is 0 Å². The van der Waals surface area contributed by atoms with Crippen LogP contribution in [0.1, 0.15) is 48.0 Å². The zero-order valence-electron chi connectivity index (χ0n) is 14.3. The molecule has 21 heavy (non-hydrogen) atoms. The summed E-state index contributed by atoms with van der Waals surface area (Å²) in [6.45, 7) is 16.0. The Morgan fingerprint density at radius 3 is 2.57 bits per heavy atom. The number of aliphatic hydroxyl groups excluding tert-OH is 1. The molecule has 0 aromatic heterocycles. The van der Waals surface area contributed by atoms with Crippen molar-refractivity contribution < 1.29 is 14.6 Å². The van der Waals surface area contributed by atoms with Gasteiger partial charge in [0.15, 0.2) is 0 Å². The fourth-order valence-electron chi connectivity index (χ4n) is 2.96. The first-order valence-electron chi connectivity index (χ1n) is 7.72. The van der Waals surface area contributed by atoms with Gasteiger partial charge in [-0.05, 0) is 52.9 Å². The maximum absolute atomic E-state index is 11.9. The predicted octanol–water partition coefficient (Wildman–Crippen LogP) is 3.73. The van der Waals surface area contributed by atoms with Crippen LogP contribution in [0.3, 0.4) is 0 Å². The SMILES string of the molecule is C=C(C)[C@@H]1CC(C)=C[C@@H](O)[C@H]1[C@@H](C)COC(=O)C(C)(C)C. The number of hydrogen-bond acceptors (Lipinski definition) is 3. The summed E-state index contributed by atoms with van der Waals surface area (Å²) < 4.78 is 5.42. The number of rotatable bonds is 4. The third kappa shape index (κ3) is 4.70. The zero-order chi connectivity index (χ0) is 16.4. The first-order chi connectivity index (χ1) is 9.54. The monoisotopic (exact) mass is 294 g/mol. The van der Waals surface area contributed by atoms with Crippen molar-refractivity contribution in [2.45, 2.75) is 54.1 Å². The molecule has 3 nitrogen and oxygen atoms in total. The number of aliphatic hydroxyl groups is 1. The smallest absolute Gasteiger partial charge is 0.311 e. The van der Waals surface area contributed by atoms with E-state index in [0.29, 0.717) is 6.61 Å². The lowest BCUT2D eigenvalue weighted by Gasteiger charge is -2.38. The summed E-state index contributed by atoms with van der Waals surface area (Å²) in [5.74, 6) is 0.197. The van der Waals surface area contributed by atoms with Gasteiger partial charge in [0.2, 0.25) is 0 Å². The van der Waals surface area contributed by atoms with Crippen LogP contribution in [-0.4, -0.2) is 23.8 Å². The third-order valence-electron chi connectivity index (χ3n) is 4.24. The lowest BCUT2D eigenvalue weighted by Crippen LogP contribution is -2.38. The van der Waals surface area contributed by atoms with E-state index < -0.39 is 11.5 Å². The van der Waals surface area contributed by atoms with Gasteiger partial charge in [-0.25, -0.2) is 0 Å². The maximum Gasteiger partial charge on any atom is 0.311 e. The molecule has 0 aromatic rings. The molecule has 0 saturated carbocycles. The van der Waals surface area contributed by atoms with E-state index in [-0.39, 0.29) is 23.7 Å². The molecule has 0 radical (unpaired) electrons. The standard InChI is InChI=1S/C18H30O3/c1-11(2)14-8-12(3)9-15(19)16(14)13(4)10-21-17(20)18(5,6)7/h9,13-16,19H,1,8,10H2,2-7H3/t13-,14-,15+,16-/m0/s1. The van der Waals surface area contributed by atoms with Gasteiger partial charge < -0.3 is 9.84 Å². The summed E-state index contributed by atoms with van der Waals surface area (Å²) in [5, 5.41) is 10.4. The van der Waals surface area contributed by atoms with E-state index in [1.54, 1.807) is 0 Å². The van der Waals surface area contributed by atoms with Crippen LogP contribution in [-0.2, 0) is 9.53 Å². The van der Waals surface area contributed by atoms with Gasteiger partial charge >= 0.3 is 5.97 Å². The van der Waals surface area contributed by atoms with E-state index in [1.807, 2.05) is 47.6 Å². The first kappa shape index (κ1) is 18.0. The van der Waals surface area contributed by atoms with Crippen LogP contribution >= 0.6 is 0 Å². The minimum Gasteiger partial charge on any atom is -0.465 e. The van der Waals surface area contributed by atoms with Crippen LogP contribution in [0, 0.1) is 23.2 Å². The molecule has 0 spiro atoms. The van der Waals surface area contributed by atoms with Crippen molar-refractivity contribution in [3.8, 4) is 0 Å². The van der Waals surface area contributed by atoms with E-state index >= 15 is 0 Å².